The number of benzene rings is 1. The number of rotatable bonds is 3. The molecule has 3 aliphatic heterocycles. The molecule has 0 saturated carbocycles. The van der Waals surface area contributed by atoms with E-state index in [0.717, 1.165) is 68.0 Å². The summed E-state index contributed by atoms with van der Waals surface area (Å²) in [5, 5.41) is 0. The van der Waals surface area contributed by atoms with Crippen LogP contribution in [0.3, 0.4) is 0 Å². The number of halogens is 1. The number of aromatic nitrogens is 2. The molecule has 170 valence electrons. The van der Waals surface area contributed by atoms with E-state index in [4.69, 9.17) is 14.7 Å². The number of carbonyl (C=O) groups excluding carboxylic acids is 1. The Morgan fingerprint density at radius 2 is 1.84 bits per heavy atom. The molecule has 2 fully saturated rings. The van der Waals surface area contributed by atoms with Gasteiger partial charge in [-0.1, -0.05) is 13.0 Å². The minimum atomic E-state index is -0.397. The molecule has 0 bridgehead atoms. The summed E-state index contributed by atoms with van der Waals surface area (Å²) in [4.78, 5) is 29.4. The Hall–Kier alpha value is -2.74. The van der Waals surface area contributed by atoms with E-state index in [9.17, 15) is 9.18 Å². The smallest absolute Gasteiger partial charge is 0.254 e. The number of fused-ring (bicyclic) bond motifs is 1. The lowest BCUT2D eigenvalue weighted by Gasteiger charge is -2.36. The van der Waals surface area contributed by atoms with Gasteiger partial charge in [0.15, 0.2) is 0 Å². The van der Waals surface area contributed by atoms with E-state index in [1.807, 2.05) is 0 Å². The van der Waals surface area contributed by atoms with Gasteiger partial charge in [-0.05, 0) is 37.0 Å². The number of carbonyl (C=O) groups is 1. The van der Waals surface area contributed by atoms with Crippen LogP contribution in [-0.2, 0) is 17.7 Å². The Morgan fingerprint density at radius 3 is 2.59 bits per heavy atom. The van der Waals surface area contributed by atoms with Crippen molar-refractivity contribution in [1.29, 1.82) is 0 Å². The van der Waals surface area contributed by atoms with Crippen LogP contribution in [0.4, 0.5) is 16.2 Å². The van der Waals surface area contributed by atoms with Gasteiger partial charge in [0.2, 0.25) is 5.95 Å². The highest BCUT2D eigenvalue weighted by molar-refractivity contribution is 5.94. The predicted octanol–water partition coefficient (Wildman–Crippen LogP) is 2.89. The molecule has 4 heterocycles. The summed E-state index contributed by atoms with van der Waals surface area (Å²) in [5.74, 6) is 1.92. The fraction of sp³-hybridized carbons (Fsp3) is 0.542. The molecule has 5 rings (SSSR count). The van der Waals surface area contributed by atoms with Gasteiger partial charge in [-0.15, -0.1) is 0 Å². The van der Waals surface area contributed by atoms with E-state index in [-0.39, 0.29) is 5.91 Å². The molecule has 0 N–H and O–H groups in total. The minimum absolute atomic E-state index is 0.155. The zero-order valence-corrected chi connectivity index (χ0v) is 18.6. The molecule has 0 spiro atoms. The third-order valence-corrected chi connectivity index (χ3v) is 6.76. The minimum Gasteiger partial charge on any atom is -0.378 e. The van der Waals surface area contributed by atoms with Gasteiger partial charge in [-0.25, -0.2) is 9.37 Å². The predicted molar refractivity (Wildman–Crippen MR) is 121 cm³/mol. The zero-order valence-electron chi connectivity index (χ0n) is 18.6. The number of amides is 1. The van der Waals surface area contributed by atoms with E-state index in [0.29, 0.717) is 38.3 Å². The van der Waals surface area contributed by atoms with Crippen molar-refractivity contribution in [2.75, 3.05) is 55.7 Å². The largest absolute Gasteiger partial charge is 0.378 e. The van der Waals surface area contributed by atoms with E-state index < -0.39 is 5.82 Å². The molecule has 0 atom stereocenters. The molecule has 0 aliphatic carbocycles. The highest BCUT2D eigenvalue weighted by Gasteiger charge is 2.30. The van der Waals surface area contributed by atoms with Gasteiger partial charge in [-0.3, -0.25) is 4.79 Å². The first kappa shape index (κ1) is 21.1. The number of hydrogen-bond acceptors (Lipinski definition) is 6. The topological polar surface area (TPSA) is 61.8 Å². The van der Waals surface area contributed by atoms with Crippen molar-refractivity contribution in [3.63, 3.8) is 0 Å². The number of morpholine rings is 1. The summed E-state index contributed by atoms with van der Waals surface area (Å²) in [7, 11) is 0. The maximum Gasteiger partial charge on any atom is 0.254 e. The Morgan fingerprint density at radius 1 is 1.06 bits per heavy atom. The lowest BCUT2D eigenvalue weighted by atomic mass is 9.99. The van der Waals surface area contributed by atoms with Crippen LogP contribution in [0.1, 0.15) is 41.4 Å². The second-order valence-corrected chi connectivity index (χ2v) is 9.03. The molecule has 0 radical (unpaired) electrons. The molecule has 32 heavy (non-hydrogen) atoms. The summed E-state index contributed by atoms with van der Waals surface area (Å²) in [6.07, 6.45) is 2.99. The van der Waals surface area contributed by atoms with Crippen LogP contribution in [0.15, 0.2) is 24.3 Å². The first-order chi connectivity index (χ1) is 15.6. The third kappa shape index (κ3) is 4.28. The molecule has 2 saturated heterocycles. The molecular formula is C24H30FN5O2. The van der Waals surface area contributed by atoms with Crippen LogP contribution >= 0.6 is 0 Å². The van der Waals surface area contributed by atoms with Gasteiger partial charge in [-0.2, -0.15) is 4.98 Å². The van der Waals surface area contributed by atoms with Crippen LogP contribution in [0, 0.1) is 11.7 Å². The summed E-state index contributed by atoms with van der Waals surface area (Å²) in [6, 6.07) is 5.91. The monoisotopic (exact) mass is 439 g/mol. The molecule has 1 aromatic carbocycles. The Labute approximate surface area is 188 Å². The summed E-state index contributed by atoms with van der Waals surface area (Å²) in [5.41, 5.74) is 2.41. The SMILES string of the molecule is CC1CCN(c2nc3c(c(N4CCOCC4)n2)CN(C(=O)c2cccc(F)c2)CC3)CC1. The van der Waals surface area contributed by atoms with Crippen LogP contribution in [0.2, 0.25) is 0 Å². The second kappa shape index (κ2) is 9.02. The Bertz CT molecular complexity index is 986. The van der Waals surface area contributed by atoms with Crippen molar-refractivity contribution in [2.24, 2.45) is 5.92 Å². The first-order valence-electron chi connectivity index (χ1n) is 11.6. The summed E-state index contributed by atoms with van der Waals surface area (Å²) >= 11 is 0. The maximum atomic E-state index is 13.7. The van der Waals surface area contributed by atoms with Crippen molar-refractivity contribution in [3.8, 4) is 0 Å². The summed E-state index contributed by atoms with van der Waals surface area (Å²) < 4.78 is 19.2. The van der Waals surface area contributed by atoms with Crippen molar-refractivity contribution in [3.05, 3.63) is 46.9 Å². The molecule has 1 aromatic heterocycles. The van der Waals surface area contributed by atoms with Gasteiger partial charge in [0.05, 0.1) is 25.5 Å². The lowest BCUT2D eigenvalue weighted by molar-refractivity contribution is 0.0732. The fourth-order valence-corrected chi connectivity index (χ4v) is 4.75. The molecule has 3 aliphatic rings. The van der Waals surface area contributed by atoms with E-state index in [2.05, 4.69) is 16.7 Å². The van der Waals surface area contributed by atoms with Crippen LogP contribution in [0.5, 0.6) is 0 Å². The summed E-state index contributed by atoms with van der Waals surface area (Å²) in [6.45, 7) is 8.15. The zero-order chi connectivity index (χ0) is 22.1. The quantitative estimate of drug-likeness (QED) is 0.733. The third-order valence-electron chi connectivity index (χ3n) is 6.76. The second-order valence-electron chi connectivity index (χ2n) is 9.03. The molecule has 2 aromatic rings. The number of ether oxygens (including phenoxy) is 1. The van der Waals surface area contributed by atoms with Crippen LogP contribution in [0.25, 0.3) is 0 Å². The Balaban J connectivity index is 1.46. The van der Waals surface area contributed by atoms with Crippen molar-refractivity contribution in [2.45, 2.75) is 32.7 Å². The lowest BCUT2D eigenvalue weighted by Crippen LogP contribution is -2.42. The van der Waals surface area contributed by atoms with E-state index in [1.165, 1.54) is 12.1 Å². The van der Waals surface area contributed by atoms with E-state index >= 15 is 0 Å². The number of hydrogen-bond donors (Lipinski definition) is 0. The molecule has 8 heteroatoms. The average Bonchev–Trinajstić information content (AvgIpc) is 2.83. The normalized spacial score (nSPS) is 19.8. The van der Waals surface area contributed by atoms with Gasteiger partial charge < -0.3 is 19.4 Å². The van der Waals surface area contributed by atoms with Crippen molar-refractivity contribution in [1.82, 2.24) is 14.9 Å². The number of nitrogens with zero attached hydrogens (tertiary/aromatic N) is 5. The van der Waals surface area contributed by atoms with Crippen LogP contribution in [-0.4, -0.2) is 66.7 Å². The van der Waals surface area contributed by atoms with Crippen LogP contribution < -0.4 is 9.80 Å². The Kier molecular flexibility index (Phi) is 5.95. The molecule has 1 amide bonds. The molecule has 0 unspecified atom stereocenters. The number of piperidine rings is 1. The average molecular weight is 440 g/mol. The molecule has 7 nitrogen and oxygen atoms in total. The van der Waals surface area contributed by atoms with Crippen molar-refractivity contribution < 1.29 is 13.9 Å². The van der Waals surface area contributed by atoms with Gasteiger partial charge in [0, 0.05) is 50.3 Å². The highest BCUT2D eigenvalue weighted by atomic mass is 19.1. The maximum absolute atomic E-state index is 13.7. The fourth-order valence-electron chi connectivity index (χ4n) is 4.75. The first-order valence-corrected chi connectivity index (χ1v) is 11.6. The standard InChI is InChI=1S/C24H30FN5O2/c1-17-5-8-29(9-6-17)24-26-21-7-10-30(23(31)18-3-2-4-19(25)15-18)16-20(21)22(27-24)28-11-13-32-14-12-28/h2-4,15,17H,5-14,16H2,1H3. The van der Waals surface area contributed by atoms with Gasteiger partial charge in [0.1, 0.15) is 11.6 Å². The number of anilines is 2. The van der Waals surface area contributed by atoms with Crippen molar-refractivity contribution >= 4 is 17.7 Å². The highest BCUT2D eigenvalue weighted by Crippen LogP contribution is 2.31. The molecular weight excluding hydrogens is 409 g/mol. The van der Waals surface area contributed by atoms with E-state index in [1.54, 1.807) is 17.0 Å². The van der Waals surface area contributed by atoms with Gasteiger partial charge in [0.25, 0.3) is 5.91 Å². The van der Waals surface area contributed by atoms with Gasteiger partial charge >= 0.3 is 0 Å².